The number of hydrogen-bond donors (Lipinski definition) is 1. The Morgan fingerprint density at radius 3 is 1.22 bits per heavy atom. The molecule has 0 aromatic carbocycles. The van der Waals surface area contributed by atoms with Crippen LogP contribution >= 0.6 is 7.82 Å². The van der Waals surface area contributed by atoms with Crippen LogP contribution in [0.5, 0.6) is 0 Å². The fraction of sp³-hybridized carbons (Fsp3) is 0.978. The van der Waals surface area contributed by atoms with E-state index >= 15 is 0 Å². The monoisotopic (exact) mass is 791 g/mol. The summed E-state index contributed by atoms with van der Waals surface area (Å²) in [5.74, 6) is -0.313. The molecule has 9 heteroatoms. The molecule has 0 fully saturated rings. The number of hydrogen-bond acceptors (Lipinski definition) is 6. The minimum Gasteiger partial charge on any atom is -0.457 e. The number of phosphoric acid groups is 1. The highest BCUT2D eigenvalue weighted by atomic mass is 31.2. The van der Waals surface area contributed by atoms with Crippen LogP contribution in [-0.4, -0.2) is 75.6 Å². The molecule has 54 heavy (non-hydrogen) atoms. The van der Waals surface area contributed by atoms with Gasteiger partial charge in [0.25, 0.3) is 0 Å². The van der Waals surface area contributed by atoms with Gasteiger partial charge in [-0.15, -0.1) is 0 Å². The number of esters is 1. The first-order valence-corrected chi connectivity index (χ1v) is 24.8. The Kier molecular flexibility index (Phi) is 39.0. The van der Waals surface area contributed by atoms with Gasteiger partial charge in [-0.05, 0) is 12.8 Å². The van der Waals surface area contributed by atoms with E-state index in [1.54, 1.807) is 0 Å². The van der Waals surface area contributed by atoms with Gasteiger partial charge in [0.05, 0.1) is 34.4 Å². The number of likely N-dealkylation sites (N-methyl/N-ethyl adjacent to an activating group) is 1. The van der Waals surface area contributed by atoms with Gasteiger partial charge in [0.2, 0.25) is 0 Å². The molecule has 1 N–H and O–H groups in total. The molecule has 324 valence electrons. The summed E-state index contributed by atoms with van der Waals surface area (Å²) in [5.41, 5.74) is 0. The topological polar surface area (TPSA) is 91.3 Å². The van der Waals surface area contributed by atoms with E-state index in [0.29, 0.717) is 24.1 Å². The predicted molar refractivity (Wildman–Crippen MR) is 229 cm³/mol. The molecular weight excluding hydrogens is 697 g/mol. The Labute approximate surface area is 336 Å². The largest absolute Gasteiger partial charge is 0.472 e. The Morgan fingerprint density at radius 2 is 0.852 bits per heavy atom. The molecule has 0 aliphatic heterocycles. The highest BCUT2D eigenvalue weighted by Gasteiger charge is 2.26. The van der Waals surface area contributed by atoms with E-state index in [1.807, 2.05) is 21.1 Å². The van der Waals surface area contributed by atoms with Crippen molar-refractivity contribution in [2.24, 2.45) is 0 Å². The van der Waals surface area contributed by atoms with Gasteiger partial charge in [0.15, 0.2) is 0 Å². The second-order valence-electron chi connectivity index (χ2n) is 17.2. The normalized spacial score (nSPS) is 13.7. The van der Waals surface area contributed by atoms with E-state index in [0.717, 1.165) is 32.1 Å². The zero-order chi connectivity index (χ0) is 39.9. The summed E-state index contributed by atoms with van der Waals surface area (Å²) >= 11 is 0. The van der Waals surface area contributed by atoms with Crippen LogP contribution in [-0.2, 0) is 27.9 Å². The van der Waals surface area contributed by atoms with Crippen LogP contribution in [0.1, 0.15) is 226 Å². The van der Waals surface area contributed by atoms with E-state index in [2.05, 4.69) is 13.8 Å². The number of ether oxygens (including phenoxy) is 2. The van der Waals surface area contributed by atoms with Gasteiger partial charge in [-0.3, -0.25) is 13.8 Å². The van der Waals surface area contributed by atoms with Crippen molar-refractivity contribution in [1.29, 1.82) is 0 Å². The maximum atomic E-state index is 12.6. The van der Waals surface area contributed by atoms with Gasteiger partial charge in [-0.1, -0.05) is 206 Å². The van der Waals surface area contributed by atoms with Crippen molar-refractivity contribution >= 4 is 13.8 Å². The molecule has 0 aromatic heterocycles. The summed E-state index contributed by atoms with van der Waals surface area (Å²) in [5, 5.41) is 0. The Bertz CT molecular complexity index is 837. The molecule has 0 aromatic rings. The molecule has 0 bridgehead atoms. The van der Waals surface area contributed by atoms with Crippen molar-refractivity contribution in [1.82, 2.24) is 0 Å². The second-order valence-corrected chi connectivity index (χ2v) is 18.6. The third-order valence-electron chi connectivity index (χ3n) is 10.4. The van der Waals surface area contributed by atoms with E-state index in [1.165, 1.54) is 173 Å². The number of carbonyl (C=O) groups is 1. The first kappa shape index (κ1) is 53.5. The van der Waals surface area contributed by atoms with E-state index in [-0.39, 0.29) is 25.8 Å². The highest BCUT2D eigenvalue weighted by Crippen LogP contribution is 2.43. The van der Waals surface area contributed by atoms with Gasteiger partial charge in [0, 0.05) is 13.0 Å². The first-order chi connectivity index (χ1) is 26.1. The Balaban J connectivity index is 3.94. The van der Waals surface area contributed by atoms with Crippen LogP contribution in [0.2, 0.25) is 0 Å². The van der Waals surface area contributed by atoms with Crippen LogP contribution in [0.3, 0.4) is 0 Å². The summed E-state index contributed by atoms with van der Waals surface area (Å²) in [6.45, 7) is 5.65. The summed E-state index contributed by atoms with van der Waals surface area (Å²) in [6, 6.07) is 0. The van der Waals surface area contributed by atoms with Gasteiger partial charge < -0.3 is 18.9 Å². The van der Waals surface area contributed by atoms with Crippen molar-refractivity contribution in [3.05, 3.63) is 0 Å². The van der Waals surface area contributed by atoms with Crippen molar-refractivity contribution in [2.75, 3.05) is 54.1 Å². The maximum absolute atomic E-state index is 12.6. The summed E-state index contributed by atoms with van der Waals surface area (Å²) in [7, 11) is 1.68. The lowest BCUT2D eigenvalue weighted by Gasteiger charge is -2.24. The van der Waals surface area contributed by atoms with E-state index < -0.39 is 13.9 Å². The molecule has 2 atom stereocenters. The van der Waals surface area contributed by atoms with Crippen molar-refractivity contribution in [2.45, 2.75) is 232 Å². The number of quaternary nitrogens is 1. The van der Waals surface area contributed by atoms with Crippen molar-refractivity contribution in [3.8, 4) is 0 Å². The molecule has 8 nitrogen and oxygen atoms in total. The number of phosphoric ester groups is 1. The minimum absolute atomic E-state index is 0.0935. The van der Waals surface area contributed by atoms with Gasteiger partial charge in [-0.25, -0.2) is 4.57 Å². The molecule has 0 saturated heterocycles. The number of unbranched alkanes of at least 4 members (excludes halogenated alkanes) is 30. The first-order valence-electron chi connectivity index (χ1n) is 23.3. The number of nitrogens with zero attached hydrogens (tertiary/aromatic N) is 1. The summed E-state index contributed by atoms with van der Waals surface area (Å²) in [4.78, 5) is 22.7. The van der Waals surface area contributed by atoms with E-state index in [9.17, 15) is 14.3 Å². The fourth-order valence-electron chi connectivity index (χ4n) is 6.79. The quantitative estimate of drug-likeness (QED) is 0.0284. The highest BCUT2D eigenvalue weighted by molar-refractivity contribution is 7.47. The summed E-state index contributed by atoms with van der Waals surface area (Å²) in [6.07, 6.45) is 41.6. The molecule has 0 radical (unpaired) electrons. The van der Waals surface area contributed by atoms with Gasteiger partial charge in [0.1, 0.15) is 19.3 Å². The zero-order valence-corrected chi connectivity index (χ0v) is 37.6. The lowest BCUT2D eigenvalue weighted by Crippen LogP contribution is -2.37. The lowest BCUT2D eigenvalue weighted by molar-refractivity contribution is -0.870. The molecule has 0 rings (SSSR count). The van der Waals surface area contributed by atoms with Crippen LogP contribution in [0.25, 0.3) is 0 Å². The fourth-order valence-corrected chi connectivity index (χ4v) is 7.53. The number of carbonyl (C=O) groups excluding carboxylic acids is 1. The van der Waals surface area contributed by atoms with Crippen LogP contribution < -0.4 is 0 Å². The second kappa shape index (κ2) is 39.3. The minimum atomic E-state index is -4.26. The van der Waals surface area contributed by atoms with Crippen molar-refractivity contribution in [3.63, 3.8) is 0 Å². The average Bonchev–Trinajstić information content (AvgIpc) is 3.12. The summed E-state index contributed by atoms with van der Waals surface area (Å²) < 4.78 is 34.9. The maximum Gasteiger partial charge on any atom is 0.472 e. The molecule has 0 aliphatic carbocycles. The van der Waals surface area contributed by atoms with Crippen LogP contribution in [0.4, 0.5) is 0 Å². The SMILES string of the molecule is CCCCCCCCCCCCCCCCCCCCCCCCCCOCC(COP(=O)(O)OCC[N+](C)(C)C)OC(=O)CCCCCCCCCC. The third-order valence-corrected chi connectivity index (χ3v) is 11.4. The standard InChI is InChI=1S/C45H92NO7P/c1-6-8-10-12-14-16-17-18-19-20-21-22-23-24-25-26-27-28-29-30-31-33-35-37-40-50-42-44(43-52-54(48,49)51-41-39-46(3,4)5)53-45(47)38-36-34-32-15-13-11-9-7-2/h44H,6-43H2,1-5H3/p+1. The van der Waals surface area contributed by atoms with Gasteiger partial charge in [-0.2, -0.15) is 0 Å². The van der Waals surface area contributed by atoms with Crippen LogP contribution in [0, 0.1) is 0 Å². The molecule has 0 spiro atoms. The molecule has 0 saturated carbocycles. The van der Waals surface area contributed by atoms with Crippen molar-refractivity contribution < 1.29 is 37.3 Å². The number of rotatable bonds is 44. The van der Waals surface area contributed by atoms with Gasteiger partial charge >= 0.3 is 13.8 Å². The Morgan fingerprint density at radius 1 is 0.500 bits per heavy atom. The average molecular weight is 791 g/mol. The molecule has 0 aliphatic rings. The Hall–Kier alpha value is -0.500. The molecule has 2 unspecified atom stereocenters. The van der Waals surface area contributed by atoms with Crippen LogP contribution in [0.15, 0.2) is 0 Å². The third kappa shape index (κ3) is 42.6. The smallest absolute Gasteiger partial charge is 0.457 e. The molecule has 0 heterocycles. The zero-order valence-electron chi connectivity index (χ0n) is 36.7. The lowest BCUT2D eigenvalue weighted by atomic mass is 10.0. The predicted octanol–water partition coefficient (Wildman–Crippen LogP) is 13.7. The molecule has 0 amide bonds. The van der Waals surface area contributed by atoms with E-state index in [4.69, 9.17) is 18.5 Å². The molecular formula is C45H93NO7P+.